The highest BCUT2D eigenvalue weighted by molar-refractivity contribution is 6.30. The number of rotatable bonds is 5. The normalized spacial score (nSPS) is 16.3. The van der Waals surface area contributed by atoms with Crippen LogP contribution in [0.5, 0.6) is 0 Å². The largest absolute Gasteiger partial charge is 0.376 e. The predicted molar refractivity (Wildman–Crippen MR) is 74.4 cm³/mol. The molecule has 0 atom stereocenters. The van der Waals surface area contributed by atoms with Crippen molar-refractivity contribution < 1.29 is 9.53 Å². The summed E-state index contributed by atoms with van der Waals surface area (Å²) >= 11 is 5.81. The van der Waals surface area contributed by atoms with Crippen molar-refractivity contribution in [3.8, 4) is 0 Å². The number of hydrogen-bond acceptors (Lipinski definition) is 3. The molecule has 1 aliphatic carbocycles. The van der Waals surface area contributed by atoms with Crippen LogP contribution in [0.1, 0.15) is 42.6 Å². The first kappa shape index (κ1) is 14.3. The molecule has 5 heteroatoms. The lowest BCUT2D eigenvalue weighted by atomic mass is 9.98. The van der Waals surface area contributed by atoms with E-state index in [-0.39, 0.29) is 5.91 Å². The van der Waals surface area contributed by atoms with E-state index in [1.165, 1.54) is 25.5 Å². The topological polar surface area (TPSA) is 51.2 Å². The van der Waals surface area contributed by atoms with Gasteiger partial charge in [0.1, 0.15) is 5.69 Å². The van der Waals surface area contributed by atoms with E-state index < -0.39 is 0 Å². The van der Waals surface area contributed by atoms with E-state index in [1.54, 1.807) is 12.1 Å². The first-order valence-electron chi connectivity index (χ1n) is 6.77. The lowest BCUT2D eigenvalue weighted by molar-refractivity contribution is 0.0299. The van der Waals surface area contributed by atoms with Crippen molar-refractivity contribution in [2.24, 2.45) is 0 Å². The second-order valence-electron chi connectivity index (χ2n) is 4.75. The molecule has 1 aromatic rings. The van der Waals surface area contributed by atoms with Crippen LogP contribution in [-0.2, 0) is 4.74 Å². The van der Waals surface area contributed by atoms with Crippen molar-refractivity contribution in [3.63, 3.8) is 0 Å². The second kappa shape index (κ2) is 7.46. The van der Waals surface area contributed by atoms with Gasteiger partial charge in [-0.05, 0) is 25.0 Å². The highest BCUT2D eigenvalue weighted by Crippen LogP contribution is 2.19. The van der Waals surface area contributed by atoms with Gasteiger partial charge < -0.3 is 10.1 Å². The van der Waals surface area contributed by atoms with Gasteiger partial charge in [-0.1, -0.05) is 30.9 Å². The molecule has 1 N–H and O–H groups in total. The van der Waals surface area contributed by atoms with E-state index >= 15 is 0 Å². The lowest BCUT2D eigenvalue weighted by Gasteiger charge is -2.21. The molecule has 0 unspecified atom stereocenters. The molecule has 104 valence electrons. The molecule has 1 aliphatic rings. The second-order valence-corrected chi connectivity index (χ2v) is 5.18. The molecular formula is C14H19ClN2O2. The first-order valence-corrected chi connectivity index (χ1v) is 7.15. The Morgan fingerprint density at radius 3 is 2.95 bits per heavy atom. The number of amides is 1. The van der Waals surface area contributed by atoms with E-state index in [9.17, 15) is 4.79 Å². The monoisotopic (exact) mass is 282 g/mol. The highest BCUT2D eigenvalue weighted by Gasteiger charge is 2.13. The number of hydrogen-bond donors (Lipinski definition) is 1. The van der Waals surface area contributed by atoms with Gasteiger partial charge in [0.2, 0.25) is 0 Å². The van der Waals surface area contributed by atoms with Crippen molar-refractivity contribution >= 4 is 17.5 Å². The fourth-order valence-electron chi connectivity index (χ4n) is 2.24. The Kier molecular flexibility index (Phi) is 5.61. The predicted octanol–water partition coefficient (Wildman–Crippen LogP) is 2.81. The van der Waals surface area contributed by atoms with Gasteiger partial charge in [0, 0.05) is 17.8 Å². The molecule has 4 nitrogen and oxygen atoms in total. The summed E-state index contributed by atoms with van der Waals surface area (Å²) in [5, 5.41) is 3.29. The third-order valence-corrected chi connectivity index (χ3v) is 3.48. The number of aromatic nitrogens is 1. The van der Waals surface area contributed by atoms with Gasteiger partial charge >= 0.3 is 0 Å². The molecule has 1 heterocycles. The van der Waals surface area contributed by atoms with Crippen LogP contribution in [0.4, 0.5) is 0 Å². The SMILES string of the molecule is O=C(NCCOC1CCCCC1)c1cc(Cl)ccn1. The average Bonchev–Trinajstić information content (AvgIpc) is 2.44. The Hall–Kier alpha value is -1.13. The molecular weight excluding hydrogens is 264 g/mol. The van der Waals surface area contributed by atoms with Crippen molar-refractivity contribution in [1.82, 2.24) is 10.3 Å². The number of halogens is 1. The van der Waals surface area contributed by atoms with E-state index in [0.717, 1.165) is 12.8 Å². The maximum absolute atomic E-state index is 11.8. The van der Waals surface area contributed by atoms with Gasteiger partial charge in [-0.3, -0.25) is 9.78 Å². The van der Waals surface area contributed by atoms with Gasteiger partial charge in [0.05, 0.1) is 12.7 Å². The molecule has 1 fully saturated rings. The van der Waals surface area contributed by atoms with Crippen molar-refractivity contribution in [1.29, 1.82) is 0 Å². The molecule has 1 aromatic heterocycles. The fraction of sp³-hybridized carbons (Fsp3) is 0.571. The summed E-state index contributed by atoms with van der Waals surface area (Å²) in [5.41, 5.74) is 0.338. The smallest absolute Gasteiger partial charge is 0.270 e. The summed E-state index contributed by atoms with van der Waals surface area (Å²) in [6, 6.07) is 3.20. The van der Waals surface area contributed by atoms with Crippen LogP contribution in [0, 0.1) is 0 Å². The molecule has 2 rings (SSSR count). The minimum Gasteiger partial charge on any atom is -0.376 e. The van der Waals surface area contributed by atoms with Crippen LogP contribution in [0.2, 0.25) is 5.02 Å². The fourth-order valence-corrected chi connectivity index (χ4v) is 2.40. The van der Waals surface area contributed by atoms with Gasteiger partial charge in [0.25, 0.3) is 5.91 Å². The molecule has 0 aromatic carbocycles. The molecule has 0 bridgehead atoms. The quantitative estimate of drug-likeness (QED) is 0.845. The van der Waals surface area contributed by atoms with E-state index in [4.69, 9.17) is 16.3 Å². The highest BCUT2D eigenvalue weighted by atomic mass is 35.5. The first-order chi connectivity index (χ1) is 9.25. The van der Waals surface area contributed by atoms with Crippen molar-refractivity contribution in [2.45, 2.75) is 38.2 Å². The Balaban J connectivity index is 1.66. The number of nitrogens with one attached hydrogen (secondary N) is 1. The number of nitrogens with zero attached hydrogens (tertiary/aromatic N) is 1. The Bertz CT molecular complexity index is 420. The summed E-state index contributed by atoms with van der Waals surface area (Å²) < 4.78 is 5.73. The lowest BCUT2D eigenvalue weighted by Crippen LogP contribution is -2.29. The third kappa shape index (κ3) is 4.80. The van der Waals surface area contributed by atoms with Crippen LogP contribution in [0.15, 0.2) is 18.3 Å². The average molecular weight is 283 g/mol. The minimum atomic E-state index is -0.213. The Morgan fingerprint density at radius 1 is 1.42 bits per heavy atom. The van der Waals surface area contributed by atoms with Crippen LogP contribution >= 0.6 is 11.6 Å². The molecule has 0 spiro atoms. The minimum absolute atomic E-state index is 0.213. The standard InChI is InChI=1S/C14H19ClN2O2/c15-11-6-7-16-13(10-11)14(18)17-8-9-19-12-4-2-1-3-5-12/h6-7,10,12H,1-5,8-9H2,(H,17,18). The van der Waals surface area contributed by atoms with Crippen LogP contribution in [0.3, 0.4) is 0 Å². The van der Waals surface area contributed by atoms with E-state index in [0.29, 0.717) is 30.0 Å². The Labute approximate surface area is 118 Å². The van der Waals surface area contributed by atoms with Crippen LogP contribution in [0.25, 0.3) is 0 Å². The molecule has 0 aliphatic heterocycles. The Morgan fingerprint density at radius 2 is 2.21 bits per heavy atom. The van der Waals surface area contributed by atoms with E-state index in [1.807, 2.05) is 0 Å². The number of carbonyl (C=O) groups excluding carboxylic acids is 1. The van der Waals surface area contributed by atoms with Crippen molar-refractivity contribution in [2.75, 3.05) is 13.2 Å². The molecule has 0 radical (unpaired) electrons. The number of ether oxygens (including phenoxy) is 1. The zero-order valence-electron chi connectivity index (χ0n) is 10.9. The van der Waals surface area contributed by atoms with Gasteiger partial charge in [0.15, 0.2) is 0 Å². The van der Waals surface area contributed by atoms with Gasteiger partial charge in [-0.15, -0.1) is 0 Å². The van der Waals surface area contributed by atoms with E-state index in [2.05, 4.69) is 10.3 Å². The molecule has 0 saturated heterocycles. The maximum Gasteiger partial charge on any atom is 0.270 e. The number of carbonyl (C=O) groups is 1. The van der Waals surface area contributed by atoms with Crippen LogP contribution < -0.4 is 5.32 Å². The summed E-state index contributed by atoms with van der Waals surface area (Å²) in [4.78, 5) is 15.7. The third-order valence-electron chi connectivity index (χ3n) is 3.25. The summed E-state index contributed by atoms with van der Waals surface area (Å²) in [6.07, 6.45) is 8.00. The zero-order valence-corrected chi connectivity index (χ0v) is 11.7. The summed E-state index contributed by atoms with van der Waals surface area (Å²) in [7, 11) is 0. The summed E-state index contributed by atoms with van der Waals surface area (Å²) in [6.45, 7) is 1.06. The number of pyridine rings is 1. The molecule has 1 saturated carbocycles. The van der Waals surface area contributed by atoms with Gasteiger partial charge in [-0.25, -0.2) is 0 Å². The van der Waals surface area contributed by atoms with Gasteiger partial charge in [-0.2, -0.15) is 0 Å². The zero-order chi connectivity index (χ0) is 13.5. The maximum atomic E-state index is 11.8. The van der Waals surface area contributed by atoms with Crippen LogP contribution in [-0.4, -0.2) is 30.1 Å². The summed E-state index contributed by atoms with van der Waals surface area (Å²) in [5.74, 6) is -0.213. The molecule has 1 amide bonds. The molecule has 19 heavy (non-hydrogen) atoms. The van der Waals surface area contributed by atoms with Crippen molar-refractivity contribution in [3.05, 3.63) is 29.0 Å².